The Labute approximate surface area is 104 Å². The molecule has 0 spiro atoms. The summed E-state index contributed by atoms with van der Waals surface area (Å²) in [5.74, 6) is 1.10. The fourth-order valence-corrected chi connectivity index (χ4v) is 2.53. The molecule has 0 unspecified atom stereocenters. The van der Waals surface area contributed by atoms with Crippen LogP contribution in [0.15, 0.2) is 6.07 Å². The lowest BCUT2D eigenvalue weighted by Crippen LogP contribution is -2.20. The Kier molecular flexibility index (Phi) is 2.31. The third kappa shape index (κ3) is 1.44. The molecule has 0 radical (unpaired) electrons. The number of rotatable bonds is 3. The summed E-state index contributed by atoms with van der Waals surface area (Å²) in [5, 5.41) is 0.402. The molecule has 1 aromatic rings. The number of hydrogen-bond acceptors (Lipinski definition) is 4. The molecule has 0 saturated heterocycles. The standard InChI is InChI=1S/C12H12ClNO3/c13-9-3-8(12(5-14)1-2-12)11-10(7(9)4-15)16-6-17-11/h3-4H,1-2,5-6,14H2. The second-order valence-electron chi connectivity index (χ2n) is 4.49. The molecule has 2 aliphatic rings. The minimum atomic E-state index is -0.0389. The first-order valence-corrected chi connectivity index (χ1v) is 5.87. The predicted molar refractivity (Wildman–Crippen MR) is 62.9 cm³/mol. The molecule has 1 aliphatic heterocycles. The van der Waals surface area contributed by atoms with Gasteiger partial charge in [-0.05, 0) is 18.9 Å². The van der Waals surface area contributed by atoms with Gasteiger partial charge in [-0.2, -0.15) is 0 Å². The van der Waals surface area contributed by atoms with Gasteiger partial charge in [-0.1, -0.05) is 11.6 Å². The van der Waals surface area contributed by atoms with Gasteiger partial charge in [0.1, 0.15) is 0 Å². The molecular formula is C12H12ClNO3. The summed E-state index contributed by atoms with van der Waals surface area (Å²) >= 11 is 6.10. The van der Waals surface area contributed by atoms with Crippen LogP contribution in [0.25, 0.3) is 0 Å². The molecule has 3 rings (SSSR count). The van der Waals surface area contributed by atoms with Gasteiger partial charge < -0.3 is 15.2 Å². The Hall–Kier alpha value is -1.26. The molecule has 0 atom stereocenters. The van der Waals surface area contributed by atoms with Crippen molar-refractivity contribution >= 4 is 17.9 Å². The summed E-state index contributed by atoms with van der Waals surface area (Å²) < 4.78 is 10.8. The second kappa shape index (κ2) is 3.62. The highest BCUT2D eigenvalue weighted by atomic mass is 35.5. The molecule has 1 saturated carbocycles. The lowest BCUT2D eigenvalue weighted by molar-refractivity contribution is 0.111. The van der Waals surface area contributed by atoms with Gasteiger partial charge in [-0.3, -0.25) is 4.79 Å². The van der Waals surface area contributed by atoms with Gasteiger partial charge in [0.2, 0.25) is 6.79 Å². The van der Waals surface area contributed by atoms with Crippen molar-refractivity contribution in [2.45, 2.75) is 18.3 Å². The zero-order valence-corrected chi connectivity index (χ0v) is 9.92. The van der Waals surface area contributed by atoms with Crippen molar-refractivity contribution in [3.05, 3.63) is 22.2 Å². The van der Waals surface area contributed by atoms with Crippen molar-refractivity contribution in [2.75, 3.05) is 13.3 Å². The largest absolute Gasteiger partial charge is 0.453 e. The molecular weight excluding hydrogens is 242 g/mol. The van der Waals surface area contributed by atoms with E-state index >= 15 is 0 Å². The van der Waals surface area contributed by atoms with E-state index in [1.54, 1.807) is 6.07 Å². The summed E-state index contributed by atoms with van der Waals surface area (Å²) in [6, 6.07) is 1.79. The summed E-state index contributed by atoms with van der Waals surface area (Å²) in [4.78, 5) is 11.0. The van der Waals surface area contributed by atoms with Crippen LogP contribution in [0, 0.1) is 0 Å². The molecule has 1 fully saturated rings. The van der Waals surface area contributed by atoms with Gasteiger partial charge in [0.05, 0.1) is 10.6 Å². The van der Waals surface area contributed by atoms with Crippen LogP contribution in [-0.4, -0.2) is 19.6 Å². The first-order chi connectivity index (χ1) is 8.22. The van der Waals surface area contributed by atoms with Crippen LogP contribution in [-0.2, 0) is 5.41 Å². The van der Waals surface area contributed by atoms with Crippen LogP contribution in [0.1, 0.15) is 28.8 Å². The first-order valence-electron chi connectivity index (χ1n) is 5.50. The van der Waals surface area contributed by atoms with Crippen LogP contribution in [0.3, 0.4) is 0 Å². The topological polar surface area (TPSA) is 61.6 Å². The third-order valence-corrected chi connectivity index (χ3v) is 3.88. The van der Waals surface area contributed by atoms with Crippen molar-refractivity contribution in [1.82, 2.24) is 0 Å². The van der Waals surface area contributed by atoms with E-state index in [1.165, 1.54) is 0 Å². The van der Waals surface area contributed by atoms with Crippen molar-refractivity contribution in [3.8, 4) is 11.5 Å². The average molecular weight is 254 g/mol. The Bertz CT molecular complexity index is 497. The fraction of sp³-hybridized carbons (Fsp3) is 0.417. The minimum absolute atomic E-state index is 0.0389. The number of aldehydes is 1. The first kappa shape index (κ1) is 10.9. The number of nitrogens with two attached hydrogens (primary N) is 1. The minimum Gasteiger partial charge on any atom is -0.453 e. The normalized spacial score (nSPS) is 19.2. The maximum atomic E-state index is 11.0. The summed E-state index contributed by atoms with van der Waals surface area (Å²) in [5.41, 5.74) is 7.10. The number of carbonyl (C=O) groups excluding carboxylic acids is 1. The maximum Gasteiger partial charge on any atom is 0.231 e. The van der Waals surface area contributed by atoms with Crippen molar-refractivity contribution in [3.63, 3.8) is 0 Å². The molecule has 0 bridgehead atoms. The summed E-state index contributed by atoms with van der Waals surface area (Å²) in [6.07, 6.45) is 2.74. The quantitative estimate of drug-likeness (QED) is 0.836. The second-order valence-corrected chi connectivity index (χ2v) is 4.89. The van der Waals surface area contributed by atoms with Gasteiger partial charge in [-0.15, -0.1) is 0 Å². The Morgan fingerprint density at radius 3 is 2.71 bits per heavy atom. The number of hydrogen-bond donors (Lipinski definition) is 1. The third-order valence-electron chi connectivity index (χ3n) is 3.56. The van der Waals surface area contributed by atoms with Crippen molar-refractivity contribution < 1.29 is 14.3 Å². The molecule has 5 heteroatoms. The molecule has 1 aliphatic carbocycles. The zero-order chi connectivity index (χ0) is 12.0. The predicted octanol–water partition coefficient (Wildman–Crippen LogP) is 1.87. The van der Waals surface area contributed by atoms with E-state index < -0.39 is 0 Å². The van der Waals surface area contributed by atoms with E-state index in [0.29, 0.717) is 34.9 Å². The Morgan fingerprint density at radius 2 is 2.12 bits per heavy atom. The van der Waals surface area contributed by atoms with Crippen LogP contribution in [0.5, 0.6) is 11.5 Å². The van der Waals surface area contributed by atoms with E-state index in [4.69, 9.17) is 26.8 Å². The molecule has 1 aromatic carbocycles. The fourth-order valence-electron chi connectivity index (χ4n) is 2.30. The molecule has 4 nitrogen and oxygen atoms in total. The SMILES string of the molecule is NCC1(c2cc(Cl)c(C=O)c3c2OCO3)CC1. The number of carbonyl (C=O) groups is 1. The van der Waals surface area contributed by atoms with Crippen LogP contribution >= 0.6 is 11.6 Å². The van der Waals surface area contributed by atoms with Gasteiger partial charge in [0, 0.05) is 17.5 Å². The number of halogens is 1. The van der Waals surface area contributed by atoms with E-state index in [-0.39, 0.29) is 12.2 Å². The van der Waals surface area contributed by atoms with E-state index in [0.717, 1.165) is 18.4 Å². The highest BCUT2D eigenvalue weighted by Crippen LogP contribution is 2.55. The van der Waals surface area contributed by atoms with Gasteiger partial charge in [-0.25, -0.2) is 0 Å². The smallest absolute Gasteiger partial charge is 0.231 e. The van der Waals surface area contributed by atoms with E-state index in [2.05, 4.69) is 0 Å². The lowest BCUT2D eigenvalue weighted by Gasteiger charge is -2.16. The van der Waals surface area contributed by atoms with Crippen LogP contribution in [0.2, 0.25) is 5.02 Å². The monoisotopic (exact) mass is 253 g/mol. The highest BCUT2D eigenvalue weighted by Gasteiger charge is 2.47. The zero-order valence-electron chi connectivity index (χ0n) is 9.16. The number of ether oxygens (including phenoxy) is 2. The van der Waals surface area contributed by atoms with Crippen molar-refractivity contribution in [1.29, 1.82) is 0 Å². The van der Waals surface area contributed by atoms with E-state index in [9.17, 15) is 4.79 Å². The van der Waals surface area contributed by atoms with E-state index in [1.807, 2.05) is 0 Å². The Balaban J connectivity index is 2.21. The number of fused-ring (bicyclic) bond motifs is 1. The van der Waals surface area contributed by atoms with Crippen LogP contribution < -0.4 is 15.2 Å². The van der Waals surface area contributed by atoms with Gasteiger partial charge in [0.15, 0.2) is 17.8 Å². The molecule has 17 heavy (non-hydrogen) atoms. The Morgan fingerprint density at radius 1 is 1.41 bits per heavy atom. The average Bonchev–Trinajstić information content (AvgIpc) is 2.99. The van der Waals surface area contributed by atoms with Gasteiger partial charge in [0.25, 0.3) is 0 Å². The highest BCUT2D eigenvalue weighted by molar-refractivity contribution is 6.33. The van der Waals surface area contributed by atoms with Crippen molar-refractivity contribution in [2.24, 2.45) is 5.73 Å². The lowest BCUT2D eigenvalue weighted by atomic mass is 9.93. The molecule has 2 N–H and O–H groups in total. The molecule has 0 aromatic heterocycles. The molecule has 90 valence electrons. The van der Waals surface area contributed by atoms with Gasteiger partial charge >= 0.3 is 0 Å². The summed E-state index contributed by atoms with van der Waals surface area (Å²) in [7, 11) is 0. The molecule has 1 heterocycles. The van der Waals surface area contributed by atoms with Crippen LogP contribution in [0.4, 0.5) is 0 Å². The molecule has 0 amide bonds. The summed E-state index contributed by atoms with van der Waals surface area (Å²) in [6.45, 7) is 0.684. The number of benzene rings is 1. The maximum absolute atomic E-state index is 11.0.